The molecule has 162 valence electrons. The number of thioether (sulfide) groups is 1. The second kappa shape index (κ2) is 9.53. The van der Waals surface area contributed by atoms with Crippen molar-refractivity contribution in [3.05, 3.63) is 63.4 Å². The molecule has 0 aliphatic rings. The second-order valence-electron chi connectivity index (χ2n) is 7.56. The zero-order chi connectivity index (χ0) is 22.7. The van der Waals surface area contributed by atoms with E-state index in [1.54, 1.807) is 54.0 Å². The largest absolute Gasteiger partial charge is 0.366 e. The summed E-state index contributed by atoms with van der Waals surface area (Å²) in [6.07, 6.45) is 0. The molecule has 1 atom stereocenters. The maximum atomic E-state index is 13.1. The summed E-state index contributed by atoms with van der Waals surface area (Å²) in [6, 6.07) is 11.3. The predicted octanol–water partition coefficient (Wildman–Crippen LogP) is 3.92. The van der Waals surface area contributed by atoms with Crippen LogP contribution in [0.15, 0.2) is 52.4 Å². The maximum Gasteiger partial charge on any atom is 0.262 e. The molecule has 0 saturated heterocycles. The van der Waals surface area contributed by atoms with Crippen LogP contribution in [0.25, 0.3) is 10.9 Å². The molecule has 0 spiro atoms. The highest BCUT2D eigenvalue weighted by Crippen LogP contribution is 2.25. The van der Waals surface area contributed by atoms with Crippen molar-refractivity contribution < 1.29 is 9.59 Å². The Hall–Kier alpha value is -2.84. The van der Waals surface area contributed by atoms with E-state index in [2.05, 4.69) is 10.3 Å². The Labute approximate surface area is 189 Å². The van der Waals surface area contributed by atoms with Crippen LogP contribution < -0.4 is 16.6 Å². The van der Waals surface area contributed by atoms with Crippen molar-refractivity contribution in [2.75, 3.05) is 5.32 Å². The van der Waals surface area contributed by atoms with Gasteiger partial charge in [-0.2, -0.15) is 0 Å². The summed E-state index contributed by atoms with van der Waals surface area (Å²) in [6.45, 7) is 6.24. The molecule has 0 aliphatic heterocycles. The summed E-state index contributed by atoms with van der Waals surface area (Å²) in [5, 5.41) is 3.67. The van der Waals surface area contributed by atoms with Gasteiger partial charge in [-0.15, -0.1) is 0 Å². The van der Waals surface area contributed by atoms with E-state index in [-0.39, 0.29) is 17.4 Å². The van der Waals surface area contributed by atoms with Gasteiger partial charge in [-0.25, -0.2) is 4.98 Å². The average molecular weight is 459 g/mol. The number of nitrogens with one attached hydrogen (secondary N) is 1. The fourth-order valence-corrected chi connectivity index (χ4v) is 4.05. The van der Waals surface area contributed by atoms with Crippen LogP contribution in [0.4, 0.5) is 5.69 Å². The zero-order valence-electron chi connectivity index (χ0n) is 17.4. The van der Waals surface area contributed by atoms with Gasteiger partial charge in [0.15, 0.2) is 5.16 Å². The fourth-order valence-electron chi connectivity index (χ4n) is 2.96. The molecule has 3 N–H and O–H groups in total. The Bertz CT molecular complexity index is 1190. The van der Waals surface area contributed by atoms with Crippen LogP contribution in [-0.4, -0.2) is 26.6 Å². The van der Waals surface area contributed by atoms with Crippen LogP contribution in [-0.2, 0) is 11.3 Å². The number of carbonyl (C=O) groups excluding carboxylic acids is 2. The van der Waals surface area contributed by atoms with E-state index < -0.39 is 11.2 Å². The van der Waals surface area contributed by atoms with E-state index >= 15 is 0 Å². The normalized spacial score (nSPS) is 12.2. The Morgan fingerprint density at radius 1 is 1.16 bits per heavy atom. The minimum absolute atomic E-state index is 0.182. The molecule has 2 amide bonds. The smallest absolute Gasteiger partial charge is 0.262 e. The zero-order valence-corrected chi connectivity index (χ0v) is 19.0. The van der Waals surface area contributed by atoms with Gasteiger partial charge in [0.2, 0.25) is 11.8 Å². The molecular weight excluding hydrogens is 436 g/mol. The van der Waals surface area contributed by atoms with E-state index in [0.717, 1.165) is 0 Å². The Kier molecular flexibility index (Phi) is 7.02. The average Bonchev–Trinajstić information content (AvgIpc) is 2.71. The number of carbonyl (C=O) groups is 2. The van der Waals surface area contributed by atoms with Crippen molar-refractivity contribution in [3.63, 3.8) is 0 Å². The first-order valence-electron chi connectivity index (χ1n) is 9.73. The van der Waals surface area contributed by atoms with Crippen LogP contribution >= 0.6 is 23.4 Å². The number of primary amides is 1. The summed E-state index contributed by atoms with van der Waals surface area (Å²) >= 11 is 7.27. The first-order chi connectivity index (χ1) is 14.7. The quantitative estimate of drug-likeness (QED) is 0.412. The molecule has 31 heavy (non-hydrogen) atoms. The number of nitrogens with two attached hydrogens (primary N) is 1. The van der Waals surface area contributed by atoms with Gasteiger partial charge in [0.1, 0.15) is 0 Å². The molecule has 3 rings (SSSR count). The summed E-state index contributed by atoms with van der Waals surface area (Å²) in [4.78, 5) is 41.6. The molecular formula is C22H23ClN4O3S. The SMILES string of the molecule is CC(C)Cn1c(S[C@@H](C)C(=O)Nc2ccc(C(N)=O)cc2)nc2ccc(Cl)cc2c1=O. The molecule has 0 bridgehead atoms. The van der Waals surface area contributed by atoms with Gasteiger partial charge < -0.3 is 11.1 Å². The number of anilines is 1. The van der Waals surface area contributed by atoms with Gasteiger partial charge >= 0.3 is 0 Å². The summed E-state index contributed by atoms with van der Waals surface area (Å²) in [5.41, 5.74) is 6.49. The standard InChI is InChI=1S/C22H23ClN4O3S/c1-12(2)11-27-21(30)17-10-15(23)6-9-18(17)26-22(27)31-13(3)20(29)25-16-7-4-14(5-8-16)19(24)28/h4-10,12-13H,11H2,1-3H3,(H2,24,28)(H,25,29)/t13-/m0/s1. The van der Waals surface area contributed by atoms with Crippen LogP contribution in [0.5, 0.6) is 0 Å². The van der Waals surface area contributed by atoms with E-state index in [4.69, 9.17) is 17.3 Å². The van der Waals surface area contributed by atoms with Gasteiger partial charge in [0.25, 0.3) is 5.56 Å². The lowest BCUT2D eigenvalue weighted by molar-refractivity contribution is -0.115. The van der Waals surface area contributed by atoms with Crippen molar-refractivity contribution in [2.24, 2.45) is 11.7 Å². The van der Waals surface area contributed by atoms with Crippen molar-refractivity contribution in [1.29, 1.82) is 0 Å². The lowest BCUT2D eigenvalue weighted by Crippen LogP contribution is -2.28. The van der Waals surface area contributed by atoms with E-state index in [9.17, 15) is 14.4 Å². The summed E-state index contributed by atoms with van der Waals surface area (Å²) in [5.74, 6) is -0.574. The van der Waals surface area contributed by atoms with Crippen molar-refractivity contribution in [3.8, 4) is 0 Å². The summed E-state index contributed by atoms with van der Waals surface area (Å²) in [7, 11) is 0. The number of benzene rings is 2. The third kappa shape index (κ3) is 5.45. The Morgan fingerprint density at radius 3 is 2.45 bits per heavy atom. The molecule has 0 radical (unpaired) electrons. The van der Waals surface area contributed by atoms with Crippen LogP contribution in [0.1, 0.15) is 31.1 Å². The van der Waals surface area contributed by atoms with Gasteiger partial charge in [0.05, 0.1) is 16.2 Å². The number of rotatable bonds is 7. The number of hydrogen-bond donors (Lipinski definition) is 2. The van der Waals surface area contributed by atoms with Gasteiger partial charge in [-0.05, 0) is 55.3 Å². The molecule has 0 aliphatic carbocycles. The maximum absolute atomic E-state index is 13.1. The van der Waals surface area contributed by atoms with Gasteiger partial charge in [0, 0.05) is 22.8 Å². The van der Waals surface area contributed by atoms with Crippen molar-refractivity contribution in [2.45, 2.75) is 37.7 Å². The number of nitrogens with zero attached hydrogens (tertiary/aromatic N) is 2. The molecule has 1 aromatic heterocycles. The van der Waals surface area contributed by atoms with Crippen LogP contribution in [0, 0.1) is 5.92 Å². The first kappa shape index (κ1) is 22.8. The lowest BCUT2D eigenvalue weighted by atomic mass is 10.2. The van der Waals surface area contributed by atoms with E-state index in [0.29, 0.717) is 38.9 Å². The number of amides is 2. The predicted molar refractivity (Wildman–Crippen MR) is 125 cm³/mol. The van der Waals surface area contributed by atoms with E-state index in [1.807, 2.05) is 13.8 Å². The molecule has 0 fully saturated rings. The number of halogens is 1. The lowest BCUT2D eigenvalue weighted by Gasteiger charge is -2.17. The number of fused-ring (bicyclic) bond motifs is 1. The highest BCUT2D eigenvalue weighted by Gasteiger charge is 2.20. The molecule has 2 aromatic carbocycles. The van der Waals surface area contributed by atoms with Crippen molar-refractivity contribution >= 4 is 51.8 Å². The Balaban J connectivity index is 1.86. The number of aromatic nitrogens is 2. The third-order valence-corrected chi connectivity index (χ3v) is 5.84. The molecule has 1 heterocycles. The topological polar surface area (TPSA) is 107 Å². The monoisotopic (exact) mass is 458 g/mol. The molecule has 0 unspecified atom stereocenters. The second-order valence-corrected chi connectivity index (χ2v) is 9.30. The molecule has 7 nitrogen and oxygen atoms in total. The minimum Gasteiger partial charge on any atom is -0.366 e. The summed E-state index contributed by atoms with van der Waals surface area (Å²) < 4.78 is 1.60. The van der Waals surface area contributed by atoms with Crippen LogP contribution in [0.2, 0.25) is 5.02 Å². The van der Waals surface area contributed by atoms with Gasteiger partial charge in [-0.3, -0.25) is 19.0 Å². The molecule has 0 saturated carbocycles. The fraction of sp³-hybridized carbons (Fsp3) is 0.273. The highest BCUT2D eigenvalue weighted by molar-refractivity contribution is 8.00. The molecule has 3 aromatic rings. The first-order valence-corrected chi connectivity index (χ1v) is 11.0. The van der Waals surface area contributed by atoms with Crippen molar-refractivity contribution in [1.82, 2.24) is 9.55 Å². The number of hydrogen-bond acceptors (Lipinski definition) is 5. The molecule has 9 heteroatoms. The van der Waals surface area contributed by atoms with Crippen LogP contribution in [0.3, 0.4) is 0 Å². The highest BCUT2D eigenvalue weighted by atomic mass is 35.5. The minimum atomic E-state index is -0.534. The Morgan fingerprint density at radius 2 is 1.84 bits per heavy atom. The van der Waals surface area contributed by atoms with E-state index in [1.165, 1.54) is 11.8 Å². The third-order valence-electron chi connectivity index (χ3n) is 4.52. The van der Waals surface area contributed by atoms with Gasteiger partial charge in [-0.1, -0.05) is 37.2 Å².